The molecule has 5 rings (SSSR count). The molecule has 162 valence electrons. The van der Waals surface area contributed by atoms with E-state index in [9.17, 15) is 4.79 Å². The number of halogens is 1. The minimum atomic E-state index is -0.399. The zero-order valence-electron chi connectivity index (χ0n) is 17.7. The van der Waals surface area contributed by atoms with Gasteiger partial charge in [-0.25, -0.2) is 4.79 Å². The Labute approximate surface area is 190 Å². The van der Waals surface area contributed by atoms with Crippen molar-refractivity contribution in [2.45, 2.75) is 38.8 Å². The number of aromatic amines is 1. The monoisotopic (exact) mass is 455 g/mol. The molecule has 2 aromatic heterocycles. The number of oxazole rings is 1. The Morgan fingerprint density at radius 1 is 1.19 bits per heavy atom. The molecule has 1 saturated heterocycles. The van der Waals surface area contributed by atoms with Gasteiger partial charge >= 0.3 is 5.76 Å². The molecule has 2 atom stereocenters. The number of H-pyrrole nitrogens is 1. The summed E-state index contributed by atoms with van der Waals surface area (Å²) in [5, 5.41) is 4.38. The van der Waals surface area contributed by atoms with Crippen LogP contribution in [0.25, 0.3) is 21.2 Å². The van der Waals surface area contributed by atoms with Gasteiger partial charge in [0.1, 0.15) is 0 Å². The molecule has 7 heteroatoms. The number of hydrogen-bond acceptors (Lipinski definition) is 5. The number of rotatable bonds is 5. The summed E-state index contributed by atoms with van der Waals surface area (Å²) < 4.78 is 6.73. The van der Waals surface area contributed by atoms with E-state index in [1.165, 1.54) is 15.6 Å². The van der Waals surface area contributed by atoms with E-state index in [4.69, 9.17) is 16.0 Å². The molecule has 0 saturated carbocycles. The zero-order valence-corrected chi connectivity index (χ0v) is 19.3. The Bertz CT molecular complexity index is 1260. The van der Waals surface area contributed by atoms with Gasteiger partial charge < -0.3 is 9.32 Å². The van der Waals surface area contributed by atoms with Crippen LogP contribution in [0, 0.1) is 0 Å². The fourth-order valence-corrected chi connectivity index (χ4v) is 6.05. The second-order valence-corrected chi connectivity index (χ2v) is 9.86. The van der Waals surface area contributed by atoms with E-state index in [2.05, 4.69) is 46.1 Å². The van der Waals surface area contributed by atoms with E-state index in [0.29, 0.717) is 17.7 Å². The lowest BCUT2D eigenvalue weighted by molar-refractivity contribution is 0.130. The molecule has 4 aromatic rings. The van der Waals surface area contributed by atoms with Gasteiger partial charge in [0.15, 0.2) is 5.58 Å². The summed E-state index contributed by atoms with van der Waals surface area (Å²) in [6, 6.07) is 12.9. The Hall–Kier alpha value is -2.28. The van der Waals surface area contributed by atoms with Crippen molar-refractivity contribution in [3.63, 3.8) is 0 Å². The largest absolute Gasteiger partial charge is 0.417 e. The third kappa shape index (κ3) is 4.00. The first kappa shape index (κ1) is 20.6. The Morgan fingerprint density at radius 3 is 2.81 bits per heavy atom. The molecule has 1 aliphatic heterocycles. The van der Waals surface area contributed by atoms with Crippen LogP contribution in [-0.2, 0) is 6.42 Å². The summed E-state index contributed by atoms with van der Waals surface area (Å²) in [4.78, 5) is 19.4. The lowest BCUT2D eigenvalue weighted by Gasteiger charge is -2.45. The molecule has 2 aromatic carbocycles. The van der Waals surface area contributed by atoms with Gasteiger partial charge in [-0.05, 0) is 79.9 Å². The van der Waals surface area contributed by atoms with Crippen molar-refractivity contribution in [3.8, 4) is 0 Å². The van der Waals surface area contributed by atoms with Crippen LogP contribution in [-0.4, -0.2) is 41.6 Å². The maximum Gasteiger partial charge on any atom is 0.417 e. The van der Waals surface area contributed by atoms with Crippen molar-refractivity contribution in [1.29, 1.82) is 0 Å². The van der Waals surface area contributed by atoms with E-state index < -0.39 is 5.76 Å². The van der Waals surface area contributed by atoms with Gasteiger partial charge in [0.2, 0.25) is 0 Å². The molecule has 31 heavy (non-hydrogen) atoms. The van der Waals surface area contributed by atoms with Crippen LogP contribution in [0.5, 0.6) is 0 Å². The maximum atomic E-state index is 11.7. The summed E-state index contributed by atoms with van der Waals surface area (Å²) in [5.74, 6) is -0.399. The van der Waals surface area contributed by atoms with Crippen LogP contribution in [0.15, 0.2) is 51.0 Å². The minimum absolute atomic E-state index is 0.399. The van der Waals surface area contributed by atoms with Gasteiger partial charge in [-0.1, -0.05) is 17.7 Å². The first-order chi connectivity index (χ1) is 15.0. The second-order valence-electron chi connectivity index (χ2n) is 8.51. The van der Waals surface area contributed by atoms with Gasteiger partial charge in [-0.15, -0.1) is 11.3 Å². The van der Waals surface area contributed by atoms with Crippen molar-refractivity contribution in [3.05, 3.63) is 62.9 Å². The quantitative estimate of drug-likeness (QED) is 0.430. The number of anilines is 1. The van der Waals surface area contributed by atoms with E-state index in [0.717, 1.165) is 48.7 Å². The van der Waals surface area contributed by atoms with Crippen LogP contribution in [0.2, 0.25) is 5.02 Å². The van der Waals surface area contributed by atoms with Crippen molar-refractivity contribution in [1.82, 2.24) is 9.88 Å². The normalized spacial score (nSPS) is 20.2. The molecular weight excluding hydrogens is 430 g/mol. The lowest BCUT2D eigenvalue weighted by Crippen LogP contribution is -2.57. The molecule has 0 aliphatic carbocycles. The topological polar surface area (TPSA) is 52.5 Å². The first-order valence-corrected chi connectivity index (χ1v) is 12.0. The SMILES string of the molecule is C[C@@H]1CN(c2cccc3[nH]c(=O)oc23)C[C@H](C)N1CCCc1csc2ccc(Cl)cc12. The first-order valence-electron chi connectivity index (χ1n) is 10.8. The molecular formula is C24H26ClN3O2S. The predicted molar refractivity (Wildman–Crippen MR) is 130 cm³/mol. The van der Waals surface area contributed by atoms with Crippen molar-refractivity contribution in [2.75, 3.05) is 24.5 Å². The molecule has 5 nitrogen and oxygen atoms in total. The van der Waals surface area contributed by atoms with E-state index in [-0.39, 0.29) is 0 Å². The maximum absolute atomic E-state index is 11.7. The van der Waals surface area contributed by atoms with Crippen molar-refractivity contribution in [2.24, 2.45) is 0 Å². The minimum Gasteiger partial charge on any atom is -0.406 e. The highest BCUT2D eigenvalue weighted by atomic mass is 35.5. The average Bonchev–Trinajstić information content (AvgIpc) is 3.31. The zero-order chi connectivity index (χ0) is 21.5. The van der Waals surface area contributed by atoms with Gasteiger partial charge in [0.25, 0.3) is 0 Å². The number of thiophene rings is 1. The Balaban J connectivity index is 1.26. The number of benzene rings is 2. The number of aromatic nitrogens is 1. The van der Waals surface area contributed by atoms with Gasteiger partial charge in [-0.2, -0.15) is 0 Å². The fraction of sp³-hybridized carbons (Fsp3) is 0.375. The number of nitrogens with one attached hydrogen (secondary N) is 1. The molecule has 3 heterocycles. The summed E-state index contributed by atoms with van der Waals surface area (Å²) in [6.45, 7) is 7.47. The average molecular weight is 456 g/mol. The molecule has 0 amide bonds. The third-order valence-electron chi connectivity index (χ3n) is 6.35. The standard InChI is InChI=1S/C24H26ClN3O2S/c1-15-12-27(21-7-3-6-20-23(21)30-24(29)26-20)13-16(2)28(15)10-4-5-17-14-31-22-9-8-18(25)11-19(17)22/h3,6-9,11,14-16H,4-5,10,12-13H2,1-2H3,(H,26,29)/t15-,16+. The predicted octanol–water partition coefficient (Wildman–Crippen LogP) is 5.52. The van der Waals surface area contributed by atoms with Gasteiger partial charge in [0, 0.05) is 34.9 Å². The molecule has 0 spiro atoms. The molecule has 0 bridgehead atoms. The Morgan fingerprint density at radius 2 is 2.00 bits per heavy atom. The summed E-state index contributed by atoms with van der Waals surface area (Å²) in [5.41, 5.74) is 3.81. The van der Waals surface area contributed by atoms with Crippen LogP contribution >= 0.6 is 22.9 Å². The molecule has 0 unspecified atom stereocenters. The van der Waals surface area contributed by atoms with Crippen LogP contribution in [0.4, 0.5) is 5.69 Å². The highest BCUT2D eigenvalue weighted by Gasteiger charge is 2.30. The number of nitrogens with zero attached hydrogens (tertiary/aromatic N) is 2. The van der Waals surface area contributed by atoms with Crippen molar-refractivity contribution < 1.29 is 4.42 Å². The summed E-state index contributed by atoms with van der Waals surface area (Å²) >= 11 is 8.01. The molecule has 1 N–H and O–H groups in total. The number of piperazine rings is 1. The molecule has 0 radical (unpaired) electrons. The Kier molecular flexibility index (Phi) is 5.54. The summed E-state index contributed by atoms with van der Waals surface area (Å²) in [7, 11) is 0. The van der Waals surface area contributed by atoms with Crippen LogP contribution < -0.4 is 10.7 Å². The summed E-state index contributed by atoms with van der Waals surface area (Å²) in [6.07, 6.45) is 2.18. The van der Waals surface area contributed by atoms with E-state index in [1.807, 2.05) is 24.3 Å². The van der Waals surface area contributed by atoms with Crippen molar-refractivity contribution >= 4 is 49.8 Å². The highest BCUT2D eigenvalue weighted by molar-refractivity contribution is 7.17. The fourth-order valence-electron chi connectivity index (χ4n) is 4.90. The second kappa shape index (κ2) is 8.34. The van der Waals surface area contributed by atoms with Crippen LogP contribution in [0.1, 0.15) is 25.8 Å². The van der Waals surface area contributed by atoms with E-state index >= 15 is 0 Å². The third-order valence-corrected chi connectivity index (χ3v) is 7.59. The molecule has 1 fully saturated rings. The van der Waals surface area contributed by atoms with Crippen LogP contribution in [0.3, 0.4) is 0 Å². The van der Waals surface area contributed by atoms with E-state index in [1.54, 1.807) is 11.3 Å². The highest BCUT2D eigenvalue weighted by Crippen LogP contribution is 2.31. The number of para-hydroxylation sites is 1. The number of hydrogen-bond donors (Lipinski definition) is 1. The molecule has 1 aliphatic rings. The number of aryl methyl sites for hydroxylation is 1. The number of fused-ring (bicyclic) bond motifs is 2. The van der Waals surface area contributed by atoms with Gasteiger partial charge in [0.05, 0.1) is 11.2 Å². The lowest BCUT2D eigenvalue weighted by atomic mass is 10.0. The van der Waals surface area contributed by atoms with Gasteiger partial charge in [-0.3, -0.25) is 9.88 Å². The smallest absolute Gasteiger partial charge is 0.406 e.